The van der Waals surface area contributed by atoms with Crippen molar-refractivity contribution in [2.24, 2.45) is 52.6 Å². The molecular formula is C24H47N. The SMILES string of the molecule is CC.CC.CC1CCC2C(CCC3C2CCC2(C)C(CN)CCC32)C1. The molecule has 148 valence electrons. The Balaban J connectivity index is 0.000000528. The Bertz CT molecular complexity index is 392. The summed E-state index contributed by atoms with van der Waals surface area (Å²) in [7, 11) is 0. The van der Waals surface area contributed by atoms with Crippen LogP contribution < -0.4 is 5.73 Å². The van der Waals surface area contributed by atoms with Crippen LogP contribution in [0.15, 0.2) is 0 Å². The third-order valence-electron chi connectivity index (χ3n) is 8.70. The van der Waals surface area contributed by atoms with Gasteiger partial charge < -0.3 is 5.73 Å². The average molecular weight is 350 g/mol. The molecule has 0 aromatic carbocycles. The molecule has 2 N–H and O–H groups in total. The first kappa shape index (κ1) is 21.3. The molecule has 0 spiro atoms. The summed E-state index contributed by atoms with van der Waals surface area (Å²) in [5, 5.41) is 0. The molecule has 0 saturated heterocycles. The van der Waals surface area contributed by atoms with Gasteiger partial charge in [0.25, 0.3) is 0 Å². The summed E-state index contributed by atoms with van der Waals surface area (Å²) in [5.41, 5.74) is 6.72. The molecule has 1 nitrogen and oxygen atoms in total. The first-order valence-electron chi connectivity index (χ1n) is 11.8. The number of nitrogens with two attached hydrogens (primary N) is 1. The minimum absolute atomic E-state index is 0.602. The highest BCUT2D eigenvalue weighted by atomic mass is 14.7. The molecular weight excluding hydrogens is 302 g/mol. The fraction of sp³-hybridized carbons (Fsp3) is 1.00. The fourth-order valence-corrected chi connectivity index (χ4v) is 7.58. The maximum Gasteiger partial charge on any atom is -0.00435 e. The van der Waals surface area contributed by atoms with E-state index in [9.17, 15) is 0 Å². The van der Waals surface area contributed by atoms with Crippen molar-refractivity contribution in [3.63, 3.8) is 0 Å². The molecule has 4 fully saturated rings. The van der Waals surface area contributed by atoms with E-state index in [1.807, 2.05) is 27.7 Å². The van der Waals surface area contributed by atoms with Crippen LogP contribution in [0.4, 0.5) is 0 Å². The van der Waals surface area contributed by atoms with E-state index in [0.717, 1.165) is 48.0 Å². The molecule has 0 radical (unpaired) electrons. The molecule has 4 aliphatic carbocycles. The third-order valence-corrected chi connectivity index (χ3v) is 8.70. The summed E-state index contributed by atoms with van der Waals surface area (Å²) in [5.74, 6) is 7.19. The summed E-state index contributed by atoms with van der Waals surface area (Å²) in [6.45, 7) is 14.0. The number of hydrogen-bond acceptors (Lipinski definition) is 1. The maximum absolute atomic E-state index is 6.12. The molecule has 0 aromatic rings. The lowest BCUT2D eigenvalue weighted by molar-refractivity contribution is -0.0659. The Hall–Kier alpha value is -0.0400. The van der Waals surface area contributed by atoms with E-state index >= 15 is 0 Å². The normalized spacial score (nSPS) is 47.9. The predicted molar refractivity (Wildman–Crippen MR) is 112 cm³/mol. The van der Waals surface area contributed by atoms with Gasteiger partial charge in [0.2, 0.25) is 0 Å². The van der Waals surface area contributed by atoms with Gasteiger partial charge in [0.05, 0.1) is 0 Å². The van der Waals surface area contributed by atoms with Crippen molar-refractivity contribution < 1.29 is 0 Å². The van der Waals surface area contributed by atoms with Crippen LogP contribution in [0.2, 0.25) is 0 Å². The van der Waals surface area contributed by atoms with Crippen LogP contribution in [0.3, 0.4) is 0 Å². The van der Waals surface area contributed by atoms with Gasteiger partial charge in [-0.3, -0.25) is 0 Å². The monoisotopic (exact) mass is 349 g/mol. The maximum atomic E-state index is 6.12. The van der Waals surface area contributed by atoms with Crippen LogP contribution in [0.25, 0.3) is 0 Å². The van der Waals surface area contributed by atoms with Crippen LogP contribution in [-0.2, 0) is 0 Å². The van der Waals surface area contributed by atoms with Crippen molar-refractivity contribution in [2.45, 2.75) is 99.3 Å². The second kappa shape index (κ2) is 9.25. The highest BCUT2D eigenvalue weighted by molar-refractivity contribution is 5.06. The highest BCUT2D eigenvalue weighted by Gasteiger charge is 2.56. The fourth-order valence-electron chi connectivity index (χ4n) is 7.58. The van der Waals surface area contributed by atoms with E-state index in [1.54, 1.807) is 25.7 Å². The van der Waals surface area contributed by atoms with Gasteiger partial charge in [0.15, 0.2) is 0 Å². The van der Waals surface area contributed by atoms with Gasteiger partial charge in [-0.1, -0.05) is 48.0 Å². The summed E-state index contributed by atoms with van der Waals surface area (Å²) < 4.78 is 0. The Morgan fingerprint density at radius 2 is 1.48 bits per heavy atom. The number of rotatable bonds is 1. The Labute approximate surface area is 158 Å². The van der Waals surface area contributed by atoms with Crippen LogP contribution in [0.5, 0.6) is 0 Å². The highest BCUT2D eigenvalue weighted by Crippen LogP contribution is 2.64. The average Bonchev–Trinajstić information content (AvgIpc) is 3.01. The second-order valence-electron chi connectivity index (χ2n) is 9.41. The summed E-state index contributed by atoms with van der Waals surface area (Å²) in [6.07, 6.45) is 13.6. The summed E-state index contributed by atoms with van der Waals surface area (Å²) in [6, 6.07) is 0. The second-order valence-corrected chi connectivity index (χ2v) is 9.41. The van der Waals surface area contributed by atoms with Crippen molar-refractivity contribution in [2.75, 3.05) is 6.54 Å². The topological polar surface area (TPSA) is 26.0 Å². The molecule has 8 unspecified atom stereocenters. The summed E-state index contributed by atoms with van der Waals surface area (Å²) in [4.78, 5) is 0. The molecule has 25 heavy (non-hydrogen) atoms. The van der Waals surface area contributed by atoms with Gasteiger partial charge in [-0.2, -0.15) is 0 Å². The smallest absolute Gasteiger partial charge is 0.00435 e. The quantitative estimate of drug-likeness (QED) is 0.547. The zero-order valence-electron chi connectivity index (χ0n) is 18.2. The van der Waals surface area contributed by atoms with E-state index in [-0.39, 0.29) is 0 Å². The van der Waals surface area contributed by atoms with Crippen LogP contribution in [-0.4, -0.2) is 6.54 Å². The van der Waals surface area contributed by atoms with Gasteiger partial charge in [0.1, 0.15) is 0 Å². The summed E-state index contributed by atoms with van der Waals surface area (Å²) >= 11 is 0. The minimum atomic E-state index is 0.602. The van der Waals surface area contributed by atoms with Gasteiger partial charge in [-0.15, -0.1) is 0 Å². The molecule has 8 atom stereocenters. The van der Waals surface area contributed by atoms with Crippen molar-refractivity contribution in [3.05, 3.63) is 0 Å². The van der Waals surface area contributed by atoms with E-state index in [4.69, 9.17) is 5.73 Å². The molecule has 0 amide bonds. The van der Waals surface area contributed by atoms with Crippen LogP contribution in [0.1, 0.15) is 99.3 Å². The van der Waals surface area contributed by atoms with E-state index in [2.05, 4.69) is 13.8 Å². The third kappa shape index (κ3) is 3.83. The Kier molecular flexibility index (Phi) is 7.86. The van der Waals surface area contributed by atoms with Crippen molar-refractivity contribution in [1.82, 2.24) is 0 Å². The predicted octanol–water partition coefficient (Wildman–Crippen LogP) is 6.90. The van der Waals surface area contributed by atoms with Crippen LogP contribution in [0, 0.1) is 46.8 Å². The molecule has 1 heteroatoms. The van der Waals surface area contributed by atoms with E-state index in [0.29, 0.717) is 5.41 Å². The van der Waals surface area contributed by atoms with Crippen molar-refractivity contribution in [3.8, 4) is 0 Å². The lowest BCUT2D eigenvalue weighted by atomic mass is 9.49. The van der Waals surface area contributed by atoms with E-state index < -0.39 is 0 Å². The Morgan fingerprint density at radius 3 is 2.16 bits per heavy atom. The molecule has 4 aliphatic rings. The standard InChI is InChI=1S/C20H35N.2C2H6/c1-13-3-6-16-14(11-13)4-7-18-17(16)9-10-20(2)15(12-21)5-8-19(18)20;2*1-2/h13-19H,3-12,21H2,1-2H3;2*1-2H3. The van der Waals surface area contributed by atoms with Crippen molar-refractivity contribution >= 4 is 0 Å². The molecule has 0 aromatic heterocycles. The van der Waals surface area contributed by atoms with Gasteiger partial charge >= 0.3 is 0 Å². The first-order chi connectivity index (χ1) is 12.1. The lowest BCUT2D eigenvalue weighted by Crippen LogP contribution is -2.49. The van der Waals surface area contributed by atoms with Gasteiger partial charge in [-0.25, -0.2) is 0 Å². The first-order valence-corrected chi connectivity index (χ1v) is 11.8. The Morgan fingerprint density at radius 1 is 0.800 bits per heavy atom. The molecule has 4 rings (SSSR count). The zero-order chi connectivity index (χ0) is 18.6. The van der Waals surface area contributed by atoms with Gasteiger partial charge in [0, 0.05) is 0 Å². The zero-order valence-corrected chi connectivity index (χ0v) is 18.2. The van der Waals surface area contributed by atoms with E-state index in [1.165, 1.54) is 32.1 Å². The molecule has 0 aliphatic heterocycles. The van der Waals surface area contributed by atoms with Crippen molar-refractivity contribution in [1.29, 1.82) is 0 Å². The van der Waals surface area contributed by atoms with Gasteiger partial charge in [-0.05, 0) is 105 Å². The molecule has 0 heterocycles. The number of fused-ring (bicyclic) bond motifs is 5. The minimum Gasteiger partial charge on any atom is -0.330 e. The largest absolute Gasteiger partial charge is 0.330 e. The molecule has 4 saturated carbocycles. The van der Waals surface area contributed by atoms with Crippen LogP contribution >= 0.6 is 0 Å². The number of hydrogen-bond donors (Lipinski definition) is 1. The molecule has 0 bridgehead atoms. The lowest BCUT2D eigenvalue weighted by Gasteiger charge is -2.56.